The largest absolute Gasteiger partial charge is 0.505 e. The fourth-order valence-electron chi connectivity index (χ4n) is 4.71. The van der Waals surface area contributed by atoms with Crippen molar-refractivity contribution in [3.8, 4) is 11.5 Å². The van der Waals surface area contributed by atoms with Crippen LogP contribution in [0.25, 0.3) is 11.4 Å². The molecule has 40 heavy (non-hydrogen) atoms. The van der Waals surface area contributed by atoms with Gasteiger partial charge in [0.2, 0.25) is 0 Å². The Morgan fingerprint density at radius 3 is 2.58 bits per heavy atom. The highest BCUT2D eigenvalue weighted by molar-refractivity contribution is 7.17. The molecule has 3 aromatic heterocycles. The predicted molar refractivity (Wildman–Crippen MR) is 147 cm³/mol. The number of carbonyl (C=O) groups is 3. The number of carbonyl (C=O) groups excluding carboxylic acids is 3. The van der Waals surface area contributed by atoms with Gasteiger partial charge in [-0.1, -0.05) is 23.5 Å². The second-order valence-corrected chi connectivity index (χ2v) is 9.91. The molecule has 5 rings (SSSR count). The summed E-state index contributed by atoms with van der Waals surface area (Å²) >= 11 is 0.908. The second-order valence-electron chi connectivity index (χ2n) is 8.94. The molecule has 0 radical (unpaired) electrons. The molecule has 0 aliphatic carbocycles. The third-order valence-electron chi connectivity index (χ3n) is 6.42. The van der Waals surface area contributed by atoms with Gasteiger partial charge in [-0.2, -0.15) is 0 Å². The summed E-state index contributed by atoms with van der Waals surface area (Å²) in [6, 6.07) is 8.56. The molecule has 1 amide bonds. The van der Waals surface area contributed by atoms with Gasteiger partial charge in [-0.3, -0.25) is 18.9 Å². The van der Waals surface area contributed by atoms with Crippen LogP contribution in [0.4, 0.5) is 5.13 Å². The second kappa shape index (κ2) is 10.5. The van der Waals surface area contributed by atoms with Gasteiger partial charge >= 0.3 is 11.9 Å². The Morgan fingerprint density at radius 2 is 1.85 bits per heavy atom. The molecular weight excluding hydrogens is 536 g/mol. The number of esters is 1. The lowest BCUT2D eigenvalue weighted by Crippen LogP contribution is -2.29. The minimum absolute atomic E-state index is 0.0765. The quantitative estimate of drug-likeness (QED) is 0.146. The van der Waals surface area contributed by atoms with Gasteiger partial charge in [0.15, 0.2) is 22.4 Å². The highest BCUT2D eigenvalue weighted by atomic mass is 32.1. The number of aryl methyl sites for hydroxylation is 2. The van der Waals surface area contributed by atoms with Crippen molar-refractivity contribution in [2.45, 2.75) is 33.7 Å². The van der Waals surface area contributed by atoms with E-state index in [0.717, 1.165) is 16.2 Å². The van der Waals surface area contributed by atoms with E-state index in [1.54, 1.807) is 56.5 Å². The van der Waals surface area contributed by atoms with Crippen LogP contribution >= 0.6 is 11.3 Å². The molecule has 1 saturated heterocycles. The van der Waals surface area contributed by atoms with Crippen molar-refractivity contribution in [3.05, 3.63) is 75.7 Å². The number of benzene rings is 1. The molecule has 1 fully saturated rings. The molecule has 2 N–H and O–H groups in total. The number of Topliss-reactive ketones (excluding diaryl/α,β-unsaturated/α-hetero) is 1. The zero-order chi connectivity index (χ0) is 28.7. The molecule has 1 aliphatic heterocycles. The maximum absolute atomic E-state index is 13.6. The van der Waals surface area contributed by atoms with Crippen LogP contribution in [0.5, 0.6) is 11.5 Å². The minimum atomic E-state index is -1.16. The van der Waals surface area contributed by atoms with E-state index < -0.39 is 29.5 Å². The van der Waals surface area contributed by atoms with Crippen LogP contribution in [-0.2, 0) is 14.3 Å². The number of phenols is 1. The Labute approximate surface area is 232 Å². The summed E-state index contributed by atoms with van der Waals surface area (Å²) in [6.45, 7) is 7.14. The zero-order valence-electron chi connectivity index (χ0n) is 22.2. The normalized spacial score (nSPS) is 16.6. The van der Waals surface area contributed by atoms with E-state index in [1.807, 2.05) is 0 Å². The number of aromatic hydroxyl groups is 1. The number of phenolic OH excluding ortho intramolecular Hbond substituents is 1. The summed E-state index contributed by atoms with van der Waals surface area (Å²) in [5.41, 5.74) is 1.76. The van der Waals surface area contributed by atoms with Crippen LogP contribution in [0.1, 0.15) is 52.2 Å². The molecular formula is C28H26N4O7S. The van der Waals surface area contributed by atoms with E-state index in [2.05, 4.69) is 9.97 Å². The molecule has 1 aliphatic rings. The predicted octanol–water partition coefficient (Wildman–Crippen LogP) is 4.31. The molecule has 0 bridgehead atoms. The van der Waals surface area contributed by atoms with E-state index in [4.69, 9.17) is 9.47 Å². The van der Waals surface area contributed by atoms with Gasteiger partial charge in [0.1, 0.15) is 16.2 Å². The Morgan fingerprint density at radius 1 is 1.07 bits per heavy atom. The van der Waals surface area contributed by atoms with E-state index in [1.165, 1.54) is 18.2 Å². The number of aliphatic hydroxyl groups is 1. The summed E-state index contributed by atoms with van der Waals surface area (Å²) in [6.07, 6.45) is 1.69. The summed E-state index contributed by atoms with van der Waals surface area (Å²) in [7, 11) is 0. The van der Waals surface area contributed by atoms with Crippen molar-refractivity contribution in [2.75, 3.05) is 18.1 Å². The molecule has 0 saturated carbocycles. The van der Waals surface area contributed by atoms with Gasteiger partial charge in [-0.05, 0) is 57.5 Å². The third-order valence-corrected chi connectivity index (χ3v) is 7.56. The topological polar surface area (TPSA) is 144 Å². The number of thiazole rings is 1. The molecule has 1 aromatic carbocycles. The van der Waals surface area contributed by atoms with Crippen molar-refractivity contribution in [1.29, 1.82) is 0 Å². The van der Waals surface area contributed by atoms with Gasteiger partial charge in [0.25, 0.3) is 5.78 Å². The fourth-order valence-corrected chi connectivity index (χ4v) is 5.70. The fraction of sp³-hybridized carbons (Fsp3) is 0.250. The molecule has 4 aromatic rings. The molecule has 12 heteroatoms. The van der Waals surface area contributed by atoms with Crippen molar-refractivity contribution in [1.82, 2.24) is 14.4 Å². The highest BCUT2D eigenvalue weighted by Gasteiger charge is 2.49. The van der Waals surface area contributed by atoms with E-state index in [0.29, 0.717) is 22.6 Å². The first-order chi connectivity index (χ1) is 19.2. The SMILES string of the molecule is CCOC(=O)c1sc(N2C(=O)C(=O)C(=C(O)c3c(C)nc4ccccn34)C2c2ccc(O)c(OCC)c2)nc1C. The number of nitrogens with zero attached hydrogens (tertiary/aromatic N) is 4. The van der Waals surface area contributed by atoms with Crippen molar-refractivity contribution in [3.63, 3.8) is 0 Å². The molecule has 0 spiro atoms. The maximum atomic E-state index is 13.6. The van der Waals surface area contributed by atoms with Gasteiger partial charge in [0, 0.05) is 6.20 Å². The molecule has 1 atom stereocenters. The van der Waals surface area contributed by atoms with Gasteiger partial charge in [-0.25, -0.2) is 14.8 Å². The maximum Gasteiger partial charge on any atom is 0.350 e. The van der Waals surface area contributed by atoms with Crippen molar-refractivity contribution in [2.24, 2.45) is 0 Å². The first kappa shape index (κ1) is 26.9. The van der Waals surface area contributed by atoms with Crippen molar-refractivity contribution >= 4 is 45.5 Å². The lowest BCUT2D eigenvalue weighted by Gasteiger charge is -2.23. The average molecular weight is 563 g/mol. The van der Waals surface area contributed by atoms with Crippen LogP contribution in [0.15, 0.2) is 48.2 Å². The van der Waals surface area contributed by atoms with Gasteiger partial charge in [0.05, 0.1) is 36.2 Å². The standard InChI is InChI=1S/C28H26N4O7S/c1-5-38-18-13-16(10-11-17(18)33)22-20(23(34)21-14(3)29-19-9-7-8-12-31(19)21)24(35)26(36)32(22)28-30-15(4)25(40-28)27(37)39-6-2/h7-13,22,33-34H,5-6H2,1-4H3. The molecule has 206 valence electrons. The van der Waals surface area contributed by atoms with E-state index in [-0.39, 0.29) is 46.0 Å². The Bertz CT molecular complexity index is 1700. The summed E-state index contributed by atoms with van der Waals surface area (Å²) in [4.78, 5) is 50.0. The Balaban J connectivity index is 1.76. The first-order valence-corrected chi connectivity index (χ1v) is 13.3. The summed E-state index contributed by atoms with van der Waals surface area (Å²) < 4.78 is 12.3. The average Bonchev–Trinajstić information content (AvgIpc) is 3.55. The molecule has 4 heterocycles. The monoisotopic (exact) mass is 562 g/mol. The zero-order valence-corrected chi connectivity index (χ0v) is 23.0. The van der Waals surface area contributed by atoms with Crippen LogP contribution in [-0.4, -0.2) is 55.5 Å². The lowest BCUT2D eigenvalue weighted by atomic mass is 9.96. The Kier molecular flexibility index (Phi) is 7.03. The van der Waals surface area contributed by atoms with Gasteiger partial charge in [-0.15, -0.1) is 0 Å². The number of amides is 1. The summed E-state index contributed by atoms with van der Waals surface area (Å²) in [5.74, 6) is -2.89. The van der Waals surface area contributed by atoms with Crippen LogP contribution in [0.2, 0.25) is 0 Å². The van der Waals surface area contributed by atoms with Crippen LogP contribution in [0.3, 0.4) is 0 Å². The lowest BCUT2D eigenvalue weighted by molar-refractivity contribution is -0.132. The number of pyridine rings is 1. The van der Waals surface area contributed by atoms with Crippen molar-refractivity contribution < 1.29 is 34.1 Å². The van der Waals surface area contributed by atoms with Gasteiger partial charge < -0.3 is 19.7 Å². The molecule has 11 nitrogen and oxygen atoms in total. The number of hydrogen-bond acceptors (Lipinski definition) is 10. The van der Waals surface area contributed by atoms with Crippen LogP contribution < -0.4 is 9.64 Å². The van der Waals surface area contributed by atoms with E-state index >= 15 is 0 Å². The minimum Gasteiger partial charge on any atom is -0.505 e. The number of fused-ring (bicyclic) bond motifs is 1. The number of anilines is 1. The number of ether oxygens (including phenoxy) is 2. The smallest absolute Gasteiger partial charge is 0.350 e. The number of aromatic nitrogens is 3. The number of aliphatic hydroxyl groups excluding tert-OH is 1. The number of hydrogen-bond donors (Lipinski definition) is 2. The number of imidazole rings is 1. The Hall–Kier alpha value is -4.71. The third kappa shape index (κ3) is 4.35. The number of ketones is 1. The molecule has 1 unspecified atom stereocenters. The first-order valence-electron chi connectivity index (χ1n) is 12.5. The highest BCUT2D eigenvalue weighted by Crippen LogP contribution is 2.45. The summed E-state index contributed by atoms with van der Waals surface area (Å²) in [5, 5.41) is 22.1. The van der Waals surface area contributed by atoms with Crippen LogP contribution in [0, 0.1) is 13.8 Å². The van der Waals surface area contributed by atoms with E-state index in [9.17, 15) is 24.6 Å². The number of rotatable bonds is 7.